The van der Waals surface area contributed by atoms with E-state index in [4.69, 9.17) is 15.4 Å². The number of hydrogen-bond acceptors (Lipinski definition) is 5. The lowest BCUT2D eigenvalue weighted by Gasteiger charge is -2.06. The van der Waals surface area contributed by atoms with Gasteiger partial charge < -0.3 is 9.47 Å². The Morgan fingerprint density at radius 3 is 2.59 bits per heavy atom. The normalized spacial score (nSPS) is 11.0. The highest BCUT2D eigenvalue weighted by Gasteiger charge is 2.14. The Labute approximate surface area is 102 Å². The first-order chi connectivity index (χ1) is 7.84. The summed E-state index contributed by atoms with van der Waals surface area (Å²) in [6, 6.07) is 2.83. The summed E-state index contributed by atoms with van der Waals surface area (Å²) in [6.07, 6.45) is 0. The number of methoxy groups -OCH3 is 1. The Morgan fingerprint density at radius 1 is 1.47 bits per heavy atom. The Kier molecular flexibility index (Phi) is 4.30. The van der Waals surface area contributed by atoms with Gasteiger partial charge in [-0.25, -0.2) is 17.6 Å². The van der Waals surface area contributed by atoms with Gasteiger partial charge in [-0.15, -0.1) is 0 Å². The van der Waals surface area contributed by atoms with Crippen LogP contribution in [0.2, 0.25) is 0 Å². The van der Waals surface area contributed by atoms with E-state index in [2.05, 4.69) is 4.74 Å². The van der Waals surface area contributed by atoms with Crippen LogP contribution in [0.25, 0.3) is 0 Å². The molecule has 17 heavy (non-hydrogen) atoms. The molecule has 0 N–H and O–H groups in total. The van der Waals surface area contributed by atoms with Crippen molar-refractivity contribution in [3.63, 3.8) is 0 Å². The highest BCUT2D eigenvalue weighted by atomic mass is 35.7. The summed E-state index contributed by atoms with van der Waals surface area (Å²) < 4.78 is 44.2. The SMILES string of the molecule is COC(=O)COc1ccc(S(=O)(=O)Cl)cc1F. The average Bonchev–Trinajstić information content (AvgIpc) is 2.25. The van der Waals surface area contributed by atoms with E-state index in [1.54, 1.807) is 0 Å². The molecule has 0 unspecified atom stereocenters. The second-order valence-electron chi connectivity index (χ2n) is 2.89. The lowest BCUT2D eigenvalue weighted by molar-refractivity contribution is -0.142. The molecule has 8 heteroatoms. The van der Waals surface area contributed by atoms with Crippen LogP contribution in [0.15, 0.2) is 23.1 Å². The predicted molar refractivity (Wildman–Crippen MR) is 56.9 cm³/mol. The molecule has 0 fully saturated rings. The molecule has 94 valence electrons. The topological polar surface area (TPSA) is 69.7 Å². The molecule has 0 saturated heterocycles. The predicted octanol–water partition coefficient (Wildman–Crippen LogP) is 1.31. The molecule has 1 aromatic carbocycles. The fourth-order valence-corrected chi connectivity index (χ4v) is 1.71. The van der Waals surface area contributed by atoms with Gasteiger partial charge in [-0.3, -0.25) is 0 Å². The van der Waals surface area contributed by atoms with Crippen LogP contribution in [0.5, 0.6) is 5.75 Å². The van der Waals surface area contributed by atoms with E-state index in [0.717, 1.165) is 19.2 Å². The van der Waals surface area contributed by atoms with Crippen LogP contribution in [-0.4, -0.2) is 28.1 Å². The molecule has 0 spiro atoms. The van der Waals surface area contributed by atoms with Gasteiger partial charge in [0.05, 0.1) is 12.0 Å². The van der Waals surface area contributed by atoms with Crippen LogP contribution in [-0.2, 0) is 18.6 Å². The smallest absolute Gasteiger partial charge is 0.343 e. The zero-order chi connectivity index (χ0) is 13.1. The zero-order valence-electron chi connectivity index (χ0n) is 8.64. The molecular weight excluding hydrogens is 275 g/mol. The Morgan fingerprint density at radius 2 is 2.12 bits per heavy atom. The molecule has 5 nitrogen and oxygen atoms in total. The van der Waals surface area contributed by atoms with Crippen molar-refractivity contribution in [3.8, 4) is 5.75 Å². The van der Waals surface area contributed by atoms with E-state index in [1.165, 1.54) is 0 Å². The van der Waals surface area contributed by atoms with Gasteiger partial charge in [0.15, 0.2) is 18.2 Å². The summed E-state index contributed by atoms with van der Waals surface area (Å²) >= 11 is 0. The minimum absolute atomic E-state index is 0.264. The van der Waals surface area contributed by atoms with Crippen molar-refractivity contribution in [3.05, 3.63) is 24.0 Å². The lowest BCUT2D eigenvalue weighted by atomic mass is 10.3. The molecular formula is C9H8ClFO5S. The van der Waals surface area contributed by atoms with Gasteiger partial charge in [0.25, 0.3) is 9.05 Å². The number of rotatable bonds is 4. The Hall–Kier alpha value is -1.34. The van der Waals surface area contributed by atoms with E-state index in [-0.39, 0.29) is 10.6 Å². The summed E-state index contributed by atoms with van der Waals surface area (Å²) in [4.78, 5) is 10.3. The van der Waals surface area contributed by atoms with Gasteiger partial charge in [0.2, 0.25) is 0 Å². The van der Waals surface area contributed by atoms with Crippen molar-refractivity contribution in [2.24, 2.45) is 0 Å². The Bertz CT molecular complexity index is 528. The monoisotopic (exact) mass is 282 g/mol. The van der Waals surface area contributed by atoms with Crippen LogP contribution in [0.1, 0.15) is 0 Å². The van der Waals surface area contributed by atoms with Gasteiger partial charge in [0, 0.05) is 10.7 Å². The van der Waals surface area contributed by atoms with Crippen LogP contribution in [0, 0.1) is 5.82 Å². The molecule has 0 amide bonds. The van der Waals surface area contributed by atoms with Gasteiger partial charge in [-0.2, -0.15) is 0 Å². The molecule has 0 aliphatic carbocycles. The molecule has 0 saturated carbocycles. The van der Waals surface area contributed by atoms with Crippen molar-refractivity contribution < 1.29 is 27.1 Å². The first kappa shape index (κ1) is 13.7. The molecule has 0 radical (unpaired) electrons. The molecule has 0 bridgehead atoms. The quantitative estimate of drug-likeness (QED) is 0.615. The number of carbonyl (C=O) groups is 1. The molecule has 0 aliphatic heterocycles. The number of ether oxygens (including phenoxy) is 2. The standard InChI is InChI=1S/C9H8ClFO5S/c1-15-9(12)5-16-8-3-2-6(4-7(8)11)17(10,13)14/h2-4H,5H2,1H3. The van der Waals surface area contributed by atoms with Crippen LogP contribution in [0.4, 0.5) is 4.39 Å². The van der Waals surface area contributed by atoms with E-state index in [0.29, 0.717) is 6.07 Å². The maximum absolute atomic E-state index is 13.3. The van der Waals surface area contributed by atoms with Gasteiger partial charge >= 0.3 is 5.97 Å². The van der Waals surface area contributed by atoms with E-state index in [9.17, 15) is 17.6 Å². The number of benzene rings is 1. The number of carbonyl (C=O) groups excluding carboxylic acids is 1. The van der Waals surface area contributed by atoms with Crippen LogP contribution < -0.4 is 4.74 Å². The fourth-order valence-electron chi connectivity index (χ4n) is 0.946. The summed E-state index contributed by atoms with van der Waals surface area (Å²) in [7, 11) is 2.19. The van der Waals surface area contributed by atoms with E-state index >= 15 is 0 Å². The molecule has 0 atom stereocenters. The molecule has 1 rings (SSSR count). The maximum atomic E-state index is 13.3. The van der Waals surface area contributed by atoms with E-state index < -0.39 is 27.4 Å². The first-order valence-corrected chi connectivity index (χ1v) is 6.59. The van der Waals surface area contributed by atoms with Gasteiger partial charge in [-0.05, 0) is 18.2 Å². The maximum Gasteiger partial charge on any atom is 0.343 e. The third-order valence-electron chi connectivity index (χ3n) is 1.76. The van der Waals surface area contributed by atoms with Crippen LogP contribution in [0.3, 0.4) is 0 Å². The molecule has 0 aliphatic rings. The summed E-state index contributed by atoms with van der Waals surface area (Å²) in [5, 5.41) is 0. The van der Waals surface area contributed by atoms with E-state index in [1.807, 2.05) is 0 Å². The second-order valence-corrected chi connectivity index (χ2v) is 5.46. The summed E-state index contributed by atoms with van der Waals surface area (Å²) in [6.45, 7) is -0.472. The molecule has 1 aromatic rings. The van der Waals surface area contributed by atoms with Crippen molar-refractivity contribution in [1.82, 2.24) is 0 Å². The highest BCUT2D eigenvalue weighted by Crippen LogP contribution is 2.23. The minimum Gasteiger partial charge on any atom is -0.479 e. The fraction of sp³-hybridized carbons (Fsp3) is 0.222. The van der Waals surface area contributed by atoms with Crippen molar-refractivity contribution in [2.45, 2.75) is 4.90 Å². The summed E-state index contributed by atoms with van der Waals surface area (Å²) in [5.74, 6) is -1.88. The Balaban J connectivity index is 2.88. The largest absolute Gasteiger partial charge is 0.479 e. The number of halogens is 2. The van der Waals surface area contributed by atoms with Crippen molar-refractivity contribution >= 4 is 25.7 Å². The van der Waals surface area contributed by atoms with Gasteiger partial charge in [0.1, 0.15) is 0 Å². The third-order valence-corrected chi connectivity index (χ3v) is 3.11. The molecule has 0 aromatic heterocycles. The number of esters is 1. The third kappa shape index (κ3) is 3.86. The van der Waals surface area contributed by atoms with Crippen molar-refractivity contribution in [1.29, 1.82) is 0 Å². The van der Waals surface area contributed by atoms with Crippen molar-refractivity contribution in [2.75, 3.05) is 13.7 Å². The second kappa shape index (κ2) is 5.33. The average molecular weight is 283 g/mol. The summed E-state index contributed by atoms with van der Waals surface area (Å²) in [5.41, 5.74) is 0. The number of hydrogen-bond donors (Lipinski definition) is 0. The molecule has 0 heterocycles. The zero-order valence-corrected chi connectivity index (χ0v) is 10.2. The lowest BCUT2D eigenvalue weighted by Crippen LogP contribution is -2.13. The minimum atomic E-state index is -3.99. The first-order valence-electron chi connectivity index (χ1n) is 4.28. The van der Waals surface area contributed by atoms with Crippen LogP contribution >= 0.6 is 10.7 Å². The highest BCUT2D eigenvalue weighted by molar-refractivity contribution is 8.13. The van der Waals surface area contributed by atoms with Gasteiger partial charge in [-0.1, -0.05) is 0 Å².